The lowest BCUT2D eigenvalue weighted by molar-refractivity contribution is 0.102. The van der Waals surface area contributed by atoms with E-state index >= 15 is 0 Å². The number of amides is 1. The zero-order valence-electron chi connectivity index (χ0n) is 22.8. The minimum Gasteiger partial charge on any atom is -0.455 e. The van der Waals surface area contributed by atoms with Crippen molar-refractivity contribution in [2.24, 2.45) is 0 Å². The molecule has 13 nitrogen and oxygen atoms in total. The number of H-pyrrole nitrogens is 1. The molecule has 4 aromatic heterocycles. The second kappa shape index (κ2) is 11.6. The second-order valence-corrected chi connectivity index (χ2v) is 9.71. The summed E-state index contributed by atoms with van der Waals surface area (Å²) in [5, 5.41) is 22.6. The van der Waals surface area contributed by atoms with E-state index in [0.29, 0.717) is 28.4 Å². The average Bonchev–Trinajstić information content (AvgIpc) is 3.38. The number of carbonyl (C=O) groups is 1. The van der Waals surface area contributed by atoms with Crippen LogP contribution in [0.15, 0.2) is 70.6 Å². The van der Waals surface area contributed by atoms with Gasteiger partial charge in [0.25, 0.3) is 11.5 Å². The molecule has 5 aromatic rings. The van der Waals surface area contributed by atoms with E-state index in [1.165, 1.54) is 35.2 Å². The number of anilines is 2. The van der Waals surface area contributed by atoms with Gasteiger partial charge in [-0.3, -0.25) is 19.3 Å². The summed E-state index contributed by atoms with van der Waals surface area (Å²) in [7, 11) is 0. The van der Waals surface area contributed by atoms with Gasteiger partial charge < -0.3 is 20.5 Å². The molecule has 4 N–H and O–H groups in total. The van der Waals surface area contributed by atoms with Crippen LogP contribution in [-0.2, 0) is 0 Å². The lowest BCUT2D eigenvalue weighted by atomic mass is 10.2. The number of fused-ring (bicyclic) bond motifs is 1. The predicted molar refractivity (Wildman–Crippen MR) is 153 cm³/mol. The number of rotatable bonds is 9. The number of aromatic amines is 1. The molecule has 216 valence electrons. The van der Waals surface area contributed by atoms with Crippen molar-refractivity contribution in [1.82, 2.24) is 29.3 Å². The van der Waals surface area contributed by atoms with E-state index in [0.717, 1.165) is 16.7 Å². The van der Waals surface area contributed by atoms with Gasteiger partial charge in [0.05, 0.1) is 18.5 Å². The van der Waals surface area contributed by atoms with E-state index in [4.69, 9.17) is 4.74 Å². The SMILES string of the molecule is CC(CO)Nc1n[nH]c2nccc(Oc3ccc(NC(=O)c4cn(C(C)C)c(=O)n(-c5ccc(F)cc5)c4=O)nc3)c12. The Labute approximate surface area is 237 Å². The molecule has 0 aliphatic rings. The van der Waals surface area contributed by atoms with Crippen molar-refractivity contribution in [3.63, 3.8) is 0 Å². The van der Waals surface area contributed by atoms with Crippen molar-refractivity contribution >= 4 is 28.6 Å². The molecule has 0 radical (unpaired) electrons. The maximum Gasteiger partial charge on any atom is 0.335 e. The Bertz CT molecular complexity index is 1860. The highest BCUT2D eigenvalue weighted by molar-refractivity contribution is 6.03. The van der Waals surface area contributed by atoms with Gasteiger partial charge in [-0.1, -0.05) is 0 Å². The highest BCUT2D eigenvalue weighted by Gasteiger charge is 2.21. The van der Waals surface area contributed by atoms with Crippen molar-refractivity contribution in [1.29, 1.82) is 0 Å². The number of aromatic nitrogens is 6. The van der Waals surface area contributed by atoms with Crippen LogP contribution in [0.25, 0.3) is 16.7 Å². The molecule has 0 saturated carbocycles. The van der Waals surface area contributed by atoms with Crippen LogP contribution in [-0.4, -0.2) is 53.0 Å². The number of hydrogen-bond donors (Lipinski definition) is 4. The molecule has 0 aliphatic carbocycles. The normalized spacial score (nSPS) is 12.0. The van der Waals surface area contributed by atoms with Gasteiger partial charge >= 0.3 is 5.69 Å². The molecule has 1 aromatic carbocycles. The first-order chi connectivity index (χ1) is 20.2. The zero-order valence-corrected chi connectivity index (χ0v) is 22.8. The fraction of sp³-hybridized carbons (Fsp3) is 0.214. The van der Waals surface area contributed by atoms with Gasteiger partial charge in [0.2, 0.25) is 0 Å². The van der Waals surface area contributed by atoms with Crippen LogP contribution in [0, 0.1) is 5.82 Å². The van der Waals surface area contributed by atoms with Crippen LogP contribution in [0.3, 0.4) is 0 Å². The number of nitrogens with zero attached hydrogens (tertiary/aromatic N) is 5. The number of carbonyl (C=O) groups excluding carboxylic acids is 1. The molecule has 5 rings (SSSR count). The molecule has 0 spiro atoms. The average molecular weight is 575 g/mol. The molecule has 0 bridgehead atoms. The smallest absolute Gasteiger partial charge is 0.335 e. The van der Waals surface area contributed by atoms with Crippen LogP contribution in [0.4, 0.5) is 16.0 Å². The third-order valence-electron chi connectivity index (χ3n) is 6.29. The molecule has 4 heterocycles. The molecule has 1 unspecified atom stereocenters. The van der Waals surface area contributed by atoms with E-state index in [1.807, 2.05) is 0 Å². The maximum atomic E-state index is 13.5. The Kier molecular flexibility index (Phi) is 7.80. The summed E-state index contributed by atoms with van der Waals surface area (Å²) in [6.45, 7) is 5.16. The first-order valence-corrected chi connectivity index (χ1v) is 13.0. The third kappa shape index (κ3) is 5.60. The van der Waals surface area contributed by atoms with Gasteiger partial charge in [0.1, 0.15) is 34.1 Å². The topological polar surface area (TPSA) is 169 Å². The molecule has 1 amide bonds. The summed E-state index contributed by atoms with van der Waals surface area (Å²) in [5.74, 6) is 0.0432. The van der Waals surface area contributed by atoms with Gasteiger partial charge in [-0.25, -0.2) is 23.7 Å². The lowest BCUT2D eigenvalue weighted by Gasteiger charge is -2.15. The Balaban J connectivity index is 1.40. The lowest BCUT2D eigenvalue weighted by Crippen LogP contribution is -2.42. The number of aliphatic hydroxyl groups excluding tert-OH is 1. The summed E-state index contributed by atoms with van der Waals surface area (Å²) in [6, 6.07) is 8.91. The minimum atomic E-state index is -0.859. The first-order valence-electron chi connectivity index (χ1n) is 13.0. The second-order valence-electron chi connectivity index (χ2n) is 9.71. The van der Waals surface area contributed by atoms with E-state index in [9.17, 15) is 23.9 Å². The van der Waals surface area contributed by atoms with Gasteiger partial charge in [0, 0.05) is 30.5 Å². The van der Waals surface area contributed by atoms with Crippen LogP contribution >= 0.6 is 0 Å². The van der Waals surface area contributed by atoms with Gasteiger partial charge in [-0.2, -0.15) is 5.10 Å². The highest BCUT2D eigenvalue weighted by Crippen LogP contribution is 2.33. The van der Waals surface area contributed by atoms with Gasteiger partial charge in [-0.05, 0) is 57.2 Å². The standard InChI is InChI=1S/C28H27FN8O5/c1-15(2)36-13-20(27(40)37(28(36)41)18-6-4-17(29)5-7-18)26(39)33-22-9-8-19(12-31-22)42-21-10-11-30-24-23(21)25(35-34-24)32-16(3)14-38/h4-13,15-16,38H,14H2,1-3H3,(H,31,33,39)(H2,30,32,34,35). The third-order valence-corrected chi connectivity index (χ3v) is 6.29. The molecule has 0 saturated heterocycles. The number of benzene rings is 1. The summed E-state index contributed by atoms with van der Waals surface area (Å²) >= 11 is 0. The summed E-state index contributed by atoms with van der Waals surface area (Å²) < 4.78 is 21.6. The Morgan fingerprint density at radius 1 is 1.10 bits per heavy atom. The number of aliphatic hydroxyl groups is 1. The first kappa shape index (κ1) is 28.2. The number of pyridine rings is 2. The number of nitrogens with one attached hydrogen (secondary N) is 3. The van der Waals surface area contributed by atoms with Crippen LogP contribution in [0.5, 0.6) is 11.5 Å². The van der Waals surface area contributed by atoms with Crippen molar-refractivity contribution in [2.45, 2.75) is 32.9 Å². The Hall–Kier alpha value is -5.37. The van der Waals surface area contributed by atoms with Gasteiger partial charge in [0.15, 0.2) is 11.5 Å². The summed E-state index contributed by atoms with van der Waals surface area (Å²) in [4.78, 5) is 48.0. The van der Waals surface area contributed by atoms with E-state index in [-0.39, 0.29) is 35.8 Å². The molecule has 14 heteroatoms. The molecule has 42 heavy (non-hydrogen) atoms. The monoisotopic (exact) mass is 574 g/mol. The fourth-order valence-electron chi connectivity index (χ4n) is 4.13. The van der Waals surface area contributed by atoms with E-state index in [1.54, 1.807) is 39.1 Å². The maximum absolute atomic E-state index is 13.5. The van der Waals surface area contributed by atoms with Crippen molar-refractivity contribution in [2.75, 3.05) is 17.2 Å². The minimum absolute atomic E-state index is 0.0967. The quantitative estimate of drug-likeness (QED) is 0.206. The Morgan fingerprint density at radius 3 is 2.52 bits per heavy atom. The van der Waals surface area contributed by atoms with Crippen molar-refractivity contribution in [3.05, 3.63) is 93.3 Å². The molecule has 0 fully saturated rings. The fourth-order valence-corrected chi connectivity index (χ4v) is 4.13. The zero-order chi connectivity index (χ0) is 30.0. The number of halogens is 1. The predicted octanol–water partition coefficient (Wildman–Crippen LogP) is 3.22. The highest BCUT2D eigenvalue weighted by atomic mass is 19.1. The number of ether oxygens (including phenoxy) is 1. The van der Waals surface area contributed by atoms with Crippen molar-refractivity contribution in [3.8, 4) is 17.2 Å². The molecule has 0 aliphatic heterocycles. The van der Waals surface area contributed by atoms with Crippen LogP contribution in [0.1, 0.15) is 37.2 Å². The largest absolute Gasteiger partial charge is 0.455 e. The van der Waals surface area contributed by atoms with Gasteiger partial charge in [-0.15, -0.1) is 0 Å². The molecule has 1 atom stereocenters. The Morgan fingerprint density at radius 2 is 1.86 bits per heavy atom. The van der Waals surface area contributed by atoms with Crippen LogP contribution in [0.2, 0.25) is 0 Å². The van der Waals surface area contributed by atoms with Crippen LogP contribution < -0.4 is 26.6 Å². The molecular formula is C28H27FN8O5. The summed E-state index contributed by atoms with van der Waals surface area (Å²) in [6.07, 6.45) is 4.13. The van der Waals surface area contributed by atoms with Crippen molar-refractivity contribution < 1.29 is 19.0 Å². The molecular weight excluding hydrogens is 547 g/mol. The number of hydrogen-bond acceptors (Lipinski definition) is 9. The van der Waals surface area contributed by atoms with E-state index in [2.05, 4.69) is 30.8 Å². The summed E-state index contributed by atoms with van der Waals surface area (Å²) in [5.41, 5.74) is -1.22. The van der Waals surface area contributed by atoms with E-state index < -0.39 is 23.0 Å².